The van der Waals surface area contributed by atoms with Crippen molar-refractivity contribution in [1.29, 1.82) is 0 Å². The van der Waals surface area contributed by atoms with Gasteiger partial charge in [0, 0.05) is 12.4 Å². The van der Waals surface area contributed by atoms with Crippen LogP contribution in [0.3, 0.4) is 0 Å². The molecule has 1 heterocycles. The van der Waals surface area contributed by atoms with E-state index in [4.69, 9.17) is 9.47 Å². The summed E-state index contributed by atoms with van der Waals surface area (Å²) in [7, 11) is 0. The first kappa shape index (κ1) is 14.1. The summed E-state index contributed by atoms with van der Waals surface area (Å²) in [6.07, 6.45) is 4.33. The molecule has 0 radical (unpaired) electrons. The Morgan fingerprint density at radius 3 is 1.44 bits per heavy atom. The van der Waals surface area contributed by atoms with Gasteiger partial charge in [0.05, 0.1) is 12.2 Å². The van der Waals surface area contributed by atoms with Crippen LogP contribution in [0.5, 0.6) is 0 Å². The standard InChI is InChI=1S/C12H18N2O4/c1-9(2)17-11(15)13-7-5-6-8-14(13)12(16)18-10(3)4/h5-10H,1-4H3. The lowest BCUT2D eigenvalue weighted by Gasteiger charge is -2.30. The lowest BCUT2D eigenvalue weighted by molar-refractivity contribution is 0.00852. The van der Waals surface area contributed by atoms with Gasteiger partial charge in [-0.05, 0) is 39.8 Å². The van der Waals surface area contributed by atoms with Crippen LogP contribution in [-0.4, -0.2) is 34.4 Å². The van der Waals surface area contributed by atoms with E-state index in [1.54, 1.807) is 39.8 Å². The summed E-state index contributed by atoms with van der Waals surface area (Å²) in [5.41, 5.74) is 0. The van der Waals surface area contributed by atoms with Gasteiger partial charge in [0.1, 0.15) is 0 Å². The minimum absolute atomic E-state index is 0.264. The molecule has 1 rings (SSSR count). The number of carbonyl (C=O) groups is 2. The molecule has 0 bridgehead atoms. The Morgan fingerprint density at radius 1 is 0.833 bits per heavy atom. The van der Waals surface area contributed by atoms with Crippen LogP contribution >= 0.6 is 0 Å². The first-order chi connectivity index (χ1) is 8.41. The van der Waals surface area contributed by atoms with E-state index < -0.39 is 12.2 Å². The van der Waals surface area contributed by atoms with Crippen molar-refractivity contribution in [2.24, 2.45) is 0 Å². The van der Waals surface area contributed by atoms with Crippen LogP contribution in [0.2, 0.25) is 0 Å². The second kappa shape index (κ2) is 6.09. The van der Waals surface area contributed by atoms with Gasteiger partial charge in [-0.3, -0.25) is 0 Å². The molecular weight excluding hydrogens is 236 g/mol. The van der Waals surface area contributed by atoms with Gasteiger partial charge in [-0.25, -0.2) is 9.59 Å². The quantitative estimate of drug-likeness (QED) is 0.760. The minimum Gasteiger partial charge on any atom is -0.445 e. The van der Waals surface area contributed by atoms with Gasteiger partial charge < -0.3 is 9.47 Å². The molecule has 1 aliphatic heterocycles. The highest BCUT2D eigenvalue weighted by atomic mass is 16.6. The van der Waals surface area contributed by atoms with Crippen LogP contribution in [0.1, 0.15) is 27.7 Å². The summed E-state index contributed by atoms with van der Waals surface area (Å²) in [6.45, 7) is 6.94. The van der Waals surface area contributed by atoms with E-state index in [9.17, 15) is 9.59 Å². The Balaban J connectivity index is 2.75. The van der Waals surface area contributed by atoms with Crippen molar-refractivity contribution in [1.82, 2.24) is 10.0 Å². The maximum atomic E-state index is 11.8. The highest BCUT2D eigenvalue weighted by Crippen LogP contribution is 2.12. The number of hydrogen-bond acceptors (Lipinski definition) is 4. The topological polar surface area (TPSA) is 59.1 Å². The molecular formula is C12H18N2O4. The van der Waals surface area contributed by atoms with Crippen LogP contribution in [0.25, 0.3) is 0 Å². The van der Waals surface area contributed by atoms with Gasteiger partial charge in [-0.2, -0.15) is 10.0 Å². The van der Waals surface area contributed by atoms with Crippen molar-refractivity contribution >= 4 is 12.2 Å². The van der Waals surface area contributed by atoms with Gasteiger partial charge in [0.15, 0.2) is 0 Å². The van der Waals surface area contributed by atoms with E-state index in [1.165, 1.54) is 12.4 Å². The highest BCUT2D eigenvalue weighted by Gasteiger charge is 2.27. The zero-order chi connectivity index (χ0) is 13.7. The fraction of sp³-hybridized carbons (Fsp3) is 0.500. The molecule has 0 aromatic carbocycles. The summed E-state index contributed by atoms with van der Waals surface area (Å²) < 4.78 is 10.1. The Hall–Kier alpha value is -1.98. The number of ether oxygens (including phenoxy) is 2. The van der Waals surface area contributed by atoms with Gasteiger partial charge in [0.25, 0.3) is 0 Å². The fourth-order valence-electron chi connectivity index (χ4n) is 1.21. The zero-order valence-corrected chi connectivity index (χ0v) is 11.0. The SMILES string of the molecule is CC(C)OC(=O)N1C=CC=CN1C(=O)OC(C)C. The second-order valence-corrected chi connectivity index (χ2v) is 4.24. The van der Waals surface area contributed by atoms with E-state index in [0.717, 1.165) is 10.0 Å². The van der Waals surface area contributed by atoms with Gasteiger partial charge in [0.2, 0.25) is 0 Å². The number of rotatable bonds is 2. The zero-order valence-electron chi connectivity index (χ0n) is 11.0. The molecule has 0 saturated heterocycles. The monoisotopic (exact) mass is 254 g/mol. The number of allylic oxidation sites excluding steroid dienone is 2. The summed E-state index contributed by atoms with van der Waals surface area (Å²) in [5.74, 6) is 0. The number of nitrogens with zero attached hydrogens (tertiary/aromatic N) is 2. The van der Waals surface area contributed by atoms with Crippen LogP contribution < -0.4 is 0 Å². The Labute approximate surface area is 106 Å². The molecule has 0 fully saturated rings. The molecule has 2 amide bonds. The lowest BCUT2D eigenvalue weighted by Crippen LogP contribution is -2.45. The van der Waals surface area contributed by atoms with Crippen LogP contribution in [0.4, 0.5) is 9.59 Å². The molecule has 0 spiro atoms. The number of hydrogen-bond donors (Lipinski definition) is 0. The second-order valence-electron chi connectivity index (χ2n) is 4.24. The molecule has 6 heteroatoms. The highest BCUT2D eigenvalue weighted by molar-refractivity contribution is 5.76. The van der Waals surface area contributed by atoms with Crippen molar-refractivity contribution in [3.8, 4) is 0 Å². The Morgan fingerprint density at radius 2 is 1.17 bits per heavy atom. The predicted molar refractivity (Wildman–Crippen MR) is 65.2 cm³/mol. The summed E-state index contributed by atoms with van der Waals surface area (Å²) in [5, 5.41) is 2.12. The van der Waals surface area contributed by atoms with E-state index in [1.807, 2.05) is 0 Å². The largest absolute Gasteiger partial charge is 0.445 e. The Bertz CT molecular complexity index is 338. The normalized spacial score (nSPS) is 14.3. The first-order valence-corrected chi connectivity index (χ1v) is 5.76. The maximum absolute atomic E-state index is 11.8. The van der Waals surface area contributed by atoms with E-state index in [2.05, 4.69) is 0 Å². The molecule has 0 aliphatic carbocycles. The first-order valence-electron chi connectivity index (χ1n) is 5.76. The fourth-order valence-corrected chi connectivity index (χ4v) is 1.21. The third-order valence-electron chi connectivity index (χ3n) is 1.84. The van der Waals surface area contributed by atoms with E-state index >= 15 is 0 Å². The number of carbonyl (C=O) groups excluding carboxylic acids is 2. The molecule has 6 nitrogen and oxygen atoms in total. The molecule has 0 unspecified atom stereocenters. The predicted octanol–water partition coefficient (Wildman–Crippen LogP) is 2.64. The lowest BCUT2D eigenvalue weighted by atomic mass is 10.5. The third kappa shape index (κ3) is 3.80. The van der Waals surface area contributed by atoms with Crippen molar-refractivity contribution in [2.45, 2.75) is 39.9 Å². The number of hydrazine groups is 1. The Kier molecular flexibility index (Phi) is 4.76. The van der Waals surface area contributed by atoms with Gasteiger partial charge in [-0.1, -0.05) is 0 Å². The van der Waals surface area contributed by atoms with E-state index in [-0.39, 0.29) is 12.2 Å². The molecule has 0 atom stereocenters. The van der Waals surface area contributed by atoms with E-state index in [0.29, 0.717) is 0 Å². The van der Waals surface area contributed by atoms with Crippen molar-refractivity contribution in [3.63, 3.8) is 0 Å². The van der Waals surface area contributed by atoms with Gasteiger partial charge in [-0.15, -0.1) is 0 Å². The summed E-state index contributed by atoms with van der Waals surface area (Å²) in [6, 6.07) is 0. The molecule has 0 aromatic heterocycles. The van der Waals surface area contributed by atoms with Crippen LogP contribution in [0, 0.1) is 0 Å². The molecule has 1 aliphatic rings. The van der Waals surface area contributed by atoms with Crippen molar-refractivity contribution < 1.29 is 19.1 Å². The van der Waals surface area contributed by atoms with Gasteiger partial charge >= 0.3 is 12.2 Å². The summed E-state index contributed by atoms with van der Waals surface area (Å²) >= 11 is 0. The summed E-state index contributed by atoms with van der Waals surface area (Å²) in [4.78, 5) is 23.6. The third-order valence-corrected chi connectivity index (χ3v) is 1.84. The maximum Gasteiger partial charge on any atom is 0.433 e. The van der Waals surface area contributed by atoms with Crippen molar-refractivity contribution in [2.75, 3.05) is 0 Å². The van der Waals surface area contributed by atoms with Crippen LogP contribution in [0.15, 0.2) is 24.6 Å². The molecule has 0 aromatic rings. The average Bonchev–Trinajstić information content (AvgIpc) is 2.27. The molecule has 0 N–H and O–H groups in total. The minimum atomic E-state index is -0.633. The molecule has 0 saturated carbocycles. The molecule has 100 valence electrons. The van der Waals surface area contributed by atoms with Crippen LogP contribution in [-0.2, 0) is 9.47 Å². The molecule has 18 heavy (non-hydrogen) atoms. The smallest absolute Gasteiger partial charge is 0.433 e. The average molecular weight is 254 g/mol. The van der Waals surface area contributed by atoms with Crippen molar-refractivity contribution in [3.05, 3.63) is 24.6 Å². The number of amides is 2.